The first-order valence-electron chi connectivity index (χ1n) is 10.8. The summed E-state index contributed by atoms with van der Waals surface area (Å²) in [6, 6.07) is 31.3. The van der Waals surface area contributed by atoms with Gasteiger partial charge in [0.2, 0.25) is 0 Å². The number of hydrogen-bond acceptors (Lipinski definition) is 2. The Balaban J connectivity index is 2.17. The molecule has 0 fully saturated rings. The van der Waals surface area contributed by atoms with Crippen molar-refractivity contribution >= 4 is 42.7 Å². The van der Waals surface area contributed by atoms with E-state index in [1.807, 2.05) is 24.0 Å². The molecule has 3 rings (SSSR count). The van der Waals surface area contributed by atoms with Crippen LogP contribution in [0.4, 0.5) is 0 Å². The first-order valence-corrected chi connectivity index (χ1v) is 15.5. The summed E-state index contributed by atoms with van der Waals surface area (Å²) in [4.78, 5) is 13.4. The van der Waals surface area contributed by atoms with Gasteiger partial charge in [0.15, 0.2) is 14.1 Å². The average molecular weight is 449 g/mol. The minimum Gasteiger partial charge on any atom is -0.409 e. The number of carbonyl (C=O) groups excluding carboxylic acids is 1. The molecule has 0 aliphatic carbocycles. The molecule has 2 nitrogen and oxygen atoms in total. The van der Waals surface area contributed by atoms with Crippen LogP contribution >= 0.6 is 6.89 Å². The quantitative estimate of drug-likeness (QED) is 0.359. The highest BCUT2D eigenvalue weighted by atomic mass is 31.2. The van der Waals surface area contributed by atoms with Gasteiger partial charge < -0.3 is 4.43 Å². The van der Waals surface area contributed by atoms with E-state index >= 15 is 0 Å². The fourth-order valence-corrected chi connectivity index (χ4v) is 8.09. The molecule has 0 aromatic heterocycles. The van der Waals surface area contributed by atoms with Gasteiger partial charge in [0.25, 0.3) is 0 Å². The van der Waals surface area contributed by atoms with Crippen LogP contribution in [0.15, 0.2) is 91.0 Å². The average Bonchev–Trinajstić information content (AvgIpc) is 2.77. The molecule has 4 heteroatoms. The lowest BCUT2D eigenvalue weighted by atomic mass is 10.2. The van der Waals surface area contributed by atoms with Gasteiger partial charge in [0, 0.05) is 0 Å². The predicted octanol–water partition coefficient (Wildman–Crippen LogP) is 5.37. The van der Waals surface area contributed by atoms with Gasteiger partial charge in [-0.2, -0.15) is 0 Å². The number of Topliss-reactive ketones (excluding diaryl/α,β-unsaturated/α-hetero) is 1. The molecular formula is C27H33O2PSi. The molecule has 3 aromatic carbocycles. The smallest absolute Gasteiger partial charge is 0.192 e. The standard InChI is InChI=1S/C27H33O2PSi/c1-27(2,3)31(4,5)29-21-23(28)22-30(24-15-9-6-10-16-24,25-17-11-7-12-18-25)26-19-13-8-14-20-26/h6-20,22H,21H2,1-5H3. The molecule has 31 heavy (non-hydrogen) atoms. The third-order valence-electron chi connectivity index (χ3n) is 6.21. The van der Waals surface area contributed by atoms with E-state index in [2.05, 4.69) is 107 Å². The fraction of sp³-hybridized carbons (Fsp3) is 0.259. The van der Waals surface area contributed by atoms with Crippen LogP contribution in [0, 0.1) is 0 Å². The van der Waals surface area contributed by atoms with Gasteiger partial charge in [-0.1, -0.05) is 112 Å². The Morgan fingerprint density at radius 1 is 0.774 bits per heavy atom. The lowest BCUT2D eigenvalue weighted by molar-refractivity contribution is -0.114. The Labute approximate surface area is 188 Å². The molecule has 0 heterocycles. The molecule has 0 aliphatic heterocycles. The van der Waals surface area contributed by atoms with Gasteiger partial charge in [-0.3, -0.25) is 4.79 Å². The van der Waals surface area contributed by atoms with E-state index in [4.69, 9.17) is 4.43 Å². The Bertz CT molecular complexity index is 949. The molecule has 0 saturated carbocycles. The van der Waals surface area contributed by atoms with Crippen LogP contribution in [-0.4, -0.2) is 26.5 Å². The van der Waals surface area contributed by atoms with Crippen LogP contribution in [0.3, 0.4) is 0 Å². The zero-order valence-electron chi connectivity index (χ0n) is 19.2. The van der Waals surface area contributed by atoms with Crippen molar-refractivity contribution in [1.29, 1.82) is 0 Å². The van der Waals surface area contributed by atoms with Gasteiger partial charge in [0.05, 0.1) is 6.61 Å². The highest BCUT2D eigenvalue weighted by Crippen LogP contribution is 2.43. The Kier molecular flexibility index (Phi) is 7.21. The summed E-state index contributed by atoms with van der Waals surface area (Å²) in [5, 5.41) is 3.59. The van der Waals surface area contributed by atoms with E-state index in [9.17, 15) is 4.79 Å². The topological polar surface area (TPSA) is 26.3 Å². The zero-order valence-corrected chi connectivity index (χ0v) is 21.1. The van der Waals surface area contributed by atoms with Gasteiger partial charge in [-0.25, -0.2) is 0 Å². The van der Waals surface area contributed by atoms with Crippen LogP contribution < -0.4 is 15.9 Å². The molecule has 0 atom stereocenters. The number of hydrogen-bond donors (Lipinski definition) is 0. The predicted molar refractivity (Wildman–Crippen MR) is 139 cm³/mol. The van der Waals surface area contributed by atoms with Crippen LogP contribution in [-0.2, 0) is 9.22 Å². The van der Waals surface area contributed by atoms with E-state index in [-0.39, 0.29) is 17.4 Å². The third kappa shape index (κ3) is 5.18. The fourth-order valence-electron chi connectivity index (χ4n) is 3.38. The third-order valence-corrected chi connectivity index (χ3v) is 14.7. The molecule has 0 saturated heterocycles. The van der Waals surface area contributed by atoms with Crippen LogP contribution in [0.1, 0.15) is 20.8 Å². The highest BCUT2D eigenvalue weighted by molar-refractivity contribution is 7.95. The molecular weight excluding hydrogens is 415 g/mol. The summed E-state index contributed by atoms with van der Waals surface area (Å²) in [5.41, 5.74) is 0. The number of carbonyl (C=O) groups is 1. The SMILES string of the molecule is CC(C)(C)[Si](C)(C)OCC(=O)C=P(c1ccccc1)(c1ccccc1)c1ccccc1. The molecule has 3 aromatic rings. The van der Waals surface area contributed by atoms with Crippen LogP contribution in [0.2, 0.25) is 18.1 Å². The minimum absolute atomic E-state index is 0.0507. The van der Waals surface area contributed by atoms with Crippen molar-refractivity contribution in [3.8, 4) is 0 Å². The normalized spacial score (nSPS) is 12.4. The summed E-state index contributed by atoms with van der Waals surface area (Å²) in [6.45, 7) is 8.83. The molecule has 0 N–H and O–H groups in total. The molecule has 0 amide bonds. The second-order valence-electron chi connectivity index (χ2n) is 9.37. The second-order valence-corrected chi connectivity index (χ2v) is 17.4. The summed E-state index contributed by atoms with van der Waals surface area (Å²) < 4.78 is 6.29. The van der Waals surface area contributed by atoms with Gasteiger partial charge >= 0.3 is 0 Å². The maximum atomic E-state index is 13.4. The van der Waals surface area contributed by atoms with E-state index < -0.39 is 15.2 Å². The van der Waals surface area contributed by atoms with Crippen LogP contribution in [0.5, 0.6) is 0 Å². The largest absolute Gasteiger partial charge is 0.409 e. The van der Waals surface area contributed by atoms with Crippen molar-refractivity contribution in [3.63, 3.8) is 0 Å². The minimum atomic E-state index is -2.27. The molecule has 0 spiro atoms. The lowest BCUT2D eigenvalue weighted by Crippen LogP contribution is -2.42. The van der Waals surface area contributed by atoms with Gasteiger partial charge in [-0.05, 0) is 46.7 Å². The molecule has 0 aliphatic rings. The summed E-state index contributed by atoms with van der Waals surface area (Å²) >= 11 is 0. The Morgan fingerprint density at radius 2 is 1.13 bits per heavy atom. The first kappa shape index (κ1) is 23.5. The summed E-state index contributed by atoms with van der Waals surface area (Å²) in [5.74, 6) is 2.02. The van der Waals surface area contributed by atoms with Gasteiger partial charge in [0.1, 0.15) is 0 Å². The van der Waals surface area contributed by atoms with E-state index in [0.29, 0.717) is 0 Å². The molecule has 162 valence electrons. The van der Waals surface area contributed by atoms with Crippen molar-refractivity contribution in [1.82, 2.24) is 0 Å². The summed E-state index contributed by atoms with van der Waals surface area (Å²) in [6.07, 6.45) is 0. The summed E-state index contributed by atoms with van der Waals surface area (Å²) in [7, 11) is -2.01. The maximum Gasteiger partial charge on any atom is 0.192 e. The highest BCUT2D eigenvalue weighted by Gasteiger charge is 2.37. The van der Waals surface area contributed by atoms with Crippen LogP contribution in [0.25, 0.3) is 0 Å². The number of ketones is 1. The number of rotatable bonds is 7. The maximum absolute atomic E-state index is 13.4. The molecule has 0 bridgehead atoms. The monoisotopic (exact) mass is 448 g/mol. The lowest BCUT2D eigenvalue weighted by Gasteiger charge is -2.36. The Morgan fingerprint density at radius 3 is 1.45 bits per heavy atom. The van der Waals surface area contributed by atoms with Crippen molar-refractivity contribution < 1.29 is 9.22 Å². The molecule has 0 radical (unpaired) electrons. The zero-order chi connectivity index (χ0) is 22.5. The van der Waals surface area contributed by atoms with E-state index in [1.165, 1.54) is 15.9 Å². The van der Waals surface area contributed by atoms with Crippen molar-refractivity contribution in [3.05, 3.63) is 91.0 Å². The molecule has 0 unspecified atom stereocenters. The Hall–Kier alpha value is -2.19. The first-order chi connectivity index (χ1) is 14.7. The van der Waals surface area contributed by atoms with E-state index in [1.54, 1.807) is 0 Å². The van der Waals surface area contributed by atoms with Gasteiger partial charge in [-0.15, -0.1) is 0 Å². The van der Waals surface area contributed by atoms with E-state index in [0.717, 1.165) is 0 Å². The van der Waals surface area contributed by atoms with Crippen molar-refractivity contribution in [2.75, 3.05) is 6.61 Å². The van der Waals surface area contributed by atoms with Crippen molar-refractivity contribution in [2.24, 2.45) is 0 Å². The number of benzene rings is 3. The second kappa shape index (κ2) is 9.52. The van der Waals surface area contributed by atoms with Crippen molar-refractivity contribution in [2.45, 2.75) is 38.9 Å².